The Labute approximate surface area is 133 Å². The minimum absolute atomic E-state index is 0.127. The van der Waals surface area contributed by atoms with E-state index < -0.39 is 0 Å². The molecule has 0 aliphatic heterocycles. The summed E-state index contributed by atoms with van der Waals surface area (Å²) in [7, 11) is 3.90. The van der Waals surface area contributed by atoms with E-state index in [-0.39, 0.29) is 11.3 Å². The molecule has 0 radical (unpaired) electrons. The minimum atomic E-state index is -0.236. The number of nitrogens with zero attached hydrogens (tertiary/aromatic N) is 2. The average molecular weight is 296 g/mol. The van der Waals surface area contributed by atoms with Crippen LogP contribution in [0.15, 0.2) is 36.0 Å². The average Bonchev–Trinajstić information content (AvgIpc) is 2.80. The molecular formula is C19H24N2O. The fraction of sp³-hybridized carbons (Fsp3) is 0.474. The van der Waals surface area contributed by atoms with Crippen molar-refractivity contribution in [3.8, 4) is 6.07 Å². The number of benzene rings is 1. The number of hydrogen-bond acceptors (Lipinski definition) is 3. The fourth-order valence-corrected chi connectivity index (χ4v) is 3.43. The summed E-state index contributed by atoms with van der Waals surface area (Å²) >= 11 is 0. The Hall–Kier alpha value is -2.08. The predicted octanol–water partition coefficient (Wildman–Crippen LogP) is 3.87. The van der Waals surface area contributed by atoms with Gasteiger partial charge in [-0.1, -0.05) is 26.0 Å². The van der Waals surface area contributed by atoms with Crippen LogP contribution in [0.2, 0.25) is 0 Å². The topological polar surface area (TPSA) is 44.1 Å². The highest BCUT2D eigenvalue weighted by Crippen LogP contribution is 2.51. The first-order valence-electron chi connectivity index (χ1n) is 7.90. The molecule has 0 heterocycles. The molecule has 1 atom stereocenters. The number of carbonyl (C=O) groups excluding carboxylic acids is 1. The van der Waals surface area contributed by atoms with Crippen LogP contribution < -0.4 is 0 Å². The van der Waals surface area contributed by atoms with Crippen molar-refractivity contribution in [2.45, 2.75) is 39.0 Å². The highest BCUT2D eigenvalue weighted by molar-refractivity contribution is 6.03. The van der Waals surface area contributed by atoms with Gasteiger partial charge in [-0.2, -0.15) is 5.26 Å². The number of rotatable bonds is 4. The first-order valence-corrected chi connectivity index (χ1v) is 7.90. The maximum atomic E-state index is 13.0. The number of allylic oxidation sites excluding steroid dienone is 1. The van der Waals surface area contributed by atoms with Crippen molar-refractivity contribution in [2.75, 3.05) is 14.1 Å². The van der Waals surface area contributed by atoms with Gasteiger partial charge in [0.15, 0.2) is 5.78 Å². The molecule has 0 bridgehead atoms. The summed E-state index contributed by atoms with van der Waals surface area (Å²) in [6.07, 6.45) is 4.59. The van der Waals surface area contributed by atoms with Gasteiger partial charge < -0.3 is 4.90 Å². The molecule has 1 aliphatic rings. The van der Waals surface area contributed by atoms with Crippen molar-refractivity contribution >= 4 is 5.78 Å². The quantitative estimate of drug-likeness (QED) is 0.792. The Balaban J connectivity index is 2.47. The molecule has 1 aromatic carbocycles. The molecule has 1 saturated carbocycles. The molecule has 0 saturated heterocycles. The van der Waals surface area contributed by atoms with E-state index >= 15 is 0 Å². The highest BCUT2D eigenvalue weighted by Gasteiger charge is 2.47. The number of Topliss-reactive ketones (excluding diaryl/α,β-unsaturated/α-hetero) is 1. The molecule has 1 aliphatic carbocycles. The first-order chi connectivity index (χ1) is 10.5. The summed E-state index contributed by atoms with van der Waals surface area (Å²) in [6.45, 7) is 4.21. The maximum absolute atomic E-state index is 13.0. The monoisotopic (exact) mass is 296 g/mol. The van der Waals surface area contributed by atoms with Gasteiger partial charge in [-0.05, 0) is 37.0 Å². The molecule has 3 heteroatoms. The second-order valence-corrected chi connectivity index (χ2v) is 6.36. The first kappa shape index (κ1) is 16.3. The van der Waals surface area contributed by atoms with Crippen LogP contribution in [0, 0.1) is 16.7 Å². The van der Waals surface area contributed by atoms with Gasteiger partial charge in [-0.25, -0.2) is 0 Å². The van der Waals surface area contributed by atoms with Crippen molar-refractivity contribution in [3.05, 3.63) is 47.2 Å². The van der Waals surface area contributed by atoms with Crippen LogP contribution in [0.3, 0.4) is 0 Å². The van der Waals surface area contributed by atoms with E-state index in [4.69, 9.17) is 5.26 Å². The number of carbonyl (C=O) groups is 1. The summed E-state index contributed by atoms with van der Waals surface area (Å²) in [6, 6.07) is 9.80. The van der Waals surface area contributed by atoms with Gasteiger partial charge in [0.1, 0.15) is 0 Å². The molecule has 0 spiro atoms. The number of ketones is 1. The van der Waals surface area contributed by atoms with Gasteiger partial charge in [-0.15, -0.1) is 0 Å². The van der Waals surface area contributed by atoms with E-state index in [0.29, 0.717) is 11.3 Å². The second kappa shape index (κ2) is 6.36. The smallest absolute Gasteiger partial charge is 0.167 e. The van der Waals surface area contributed by atoms with Gasteiger partial charge in [0.25, 0.3) is 0 Å². The van der Waals surface area contributed by atoms with Gasteiger partial charge in [0.2, 0.25) is 0 Å². The van der Waals surface area contributed by atoms with Crippen LogP contribution in [0.1, 0.15) is 50.2 Å². The van der Waals surface area contributed by atoms with Crippen LogP contribution in [0.5, 0.6) is 0 Å². The zero-order chi connectivity index (χ0) is 16.3. The lowest BCUT2D eigenvalue weighted by atomic mass is 9.78. The number of hydrogen-bond donors (Lipinski definition) is 0. The van der Waals surface area contributed by atoms with Crippen LogP contribution in [-0.4, -0.2) is 24.8 Å². The lowest BCUT2D eigenvalue weighted by Crippen LogP contribution is -2.24. The standard InChI is InChI=1S/C19H24N2O/c1-5-19(6-2)11-16(17(18(19)22)13-21(3)4)15-9-7-14(12-20)8-10-15/h7-10,13,16H,5-6,11H2,1-4H3/b17-13-. The van der Waals surface area contributed by atoms with Crippen molar-refractivity contribution in [1.82, 2.24) is 4.90 Å². The van der Waals surface area contributed by atoms with Gasteiger partial charge in [0.05, 0.1) is 11.6 Å². The molecule has 0 aromatic heterocycles. The Kier molecular flexibility index (Phi) is 4.71. The van der Waals surface area contributed by atoms with Crippen molar-refractivity contribution < 1.29 is 4.79 Å². The minimum Gasteiger partial charge on any atom is -0.383 e. The molecule has 1 aromatic rings. The second-order valence-electron chi connectivity index (χ2n) is 6.36. The molecule has 0 N–H and O–H groups in total. The Morgan fingerprint density at radius 1 is 1.27 bits per heavy atom. The third-order valence-corrected chi connectivity index (χ3v) is 4.91. The van der Waals surface area contributed by atoms with Crippen LogP contribution >= 0.6 is 0 Å². The van der Waals surface area contributed by atoms with E-state index in [1.807, 2.05) is 49.5 Å². The zero-order valence-electron chi connectivity index (χ0n) is 13.9. The summed E-state index contributed by atoms with van der Waals surface area (Å²) in [5, 5.41) is 8.94. The SMILES string of the molecule is CCC1(CC)CC(c2ccc(C#N)cc2)/C(=C/N(C)C)C1=O. The van der Waals surface area contributed by atoms with Gasteiger partial charge in [-0.3, -0.25) is 4.79 Å². The van der Waals surface area contributed by atoms with Crippen molar-refractivity contribution in [2.24, 2.45) is 5.41 Å². The van der Waals surface area contributed by atoms with Crippen LogP contribution in [-0.2, 0) is 4.79 Å². The molecule has 22 heavy (non-hydrogen) atoms. The Morgan fingerprint density at radius 2 is 1.86 bits per heavy atom. The Morgan fingerprint density at radius 3 is 2.32 bits per heavy atom. The normalized spacial score (nSPS) is 21.9. The van der Waals surface area contributed by atoms with Crippen LogP contribution in [0.4, 0.5) is 0 Å². The summed E-state index contributed by atoms with van der Waals surface area (Å²) in [5.74, 6) is 0.420. The highest BCUT2D eigenvalue weighted by atomic mass is 16.1. The van der Waals surface area contributed by atoms with E-state index in [1.165, 1.54) is 0 Å². The molecule has 2 rings (SSSR count). The molecular weight excluding hydrogens is 272 g/mol. The Bertz CT molecular complexity index is 616. The van der Waals surface area contributed by atoms with Crippen molar-refractivity contribution in [1.29, 1.82) is 5.26 Å². The lowest BCUT2D eigenvalue weighted by Gasteiger charge is -2.23. The summed E-state index contributed by atoms with van der Waals surface area (Å²) < 4.78 is 0. The van der Waals surface area contributed by atoms with Crippen molar-refractivity contribution in [3.63, 3.8) is 0 Å². The molecule has 0 amide bonds. The molecule has 3 nitrogen and oxygen atoms in total. The van der Waals surface area contributed by atoms with E-state index in [9.17, 15) is 4.79 Å². The van der Waals surface area contributed by atoms with E-state index in [0.717, 1.165) is 30.4 Å². The van der Waals surface area contributed by atoms with Crippen LogP contribution in [0.25, 0.3) is 0 Å². The van der Waals surface area contributed by atoms with E-state index in [2.05, 4.69) is 19.9 Å². The van der Waals surface area contributed by atoms with Gasteiger partial charge in [0, 0.05) is 37.2 Å². The molecule has 1 unspecified atom stereocenters. The lowest BCUT2D eigenvalue weighted by molar-refractivity contribution is -0.123. The number of nitriles is 1. The third-order valence-electron chi connectivity index (χ3n) is 4.91. The summed E-state index contributed by atoms with van der Waals surface area (Å²) in [4.78, 5) is 14.9. The van der Waals surface area contributed by atoms with Gasteiger partial charge >= 0.3 is 0 Å². The molecule has 116 valence electrons. The molecule has 1 fully saturated rings. The maximum Gasteiger partial charge on any atom is 0.167 e. The third kappa shape index (κ3) is 2.78. The summed E-state index contributed by atoms with van der Waals surface area (Å²) in [5.41, 5.74) is 2.45. The predicted molar refractivity (Wildman–Crippen MR) is 88.3 cm³/mol. The largest absolute Gasteiger partial charge is 0.383 e. The van der Waals surface area contributed by atoms with E-state index in [1.54, 1.807) is 0 Å². The zero-order valence-corrected chi connectivity index (χ0v) is 13.9. The fourth-order valence-electron chi connectivity index (χ4n) is 3.43.